The van der Waals surface area contributed by atoms with Crippen molar-refractivity contribution in [3.8, 4) is 0 Å². The van der Waals surface area contributed by atoms with E-state index in [2.05, 4.69) is 36.1 Å². The number of carbonyl (C=O) groups excluding carboxylic acids is 1. The van der Waals surface area contributed by atoms with Crippen LogP contribution in [0.1, 0.15) is 38.2 Å². The molecule has 106 valence electrons. The van der Waals surface area contributed by atoms with Gasteiger partial charge in [-0.25, -0.2) is 0 Å². The zero-order valence-corrected chi connectivity index (χ0v) is 12.8. The number of rotatable bonds is 5. The van der Waals surface area contributed by atoms with Gasteiger partial charge in [0.15, 0.2) is 6.54 Å². The van der Waals surface area contributed by atoms with E-state index < -0.39 is 0 Å². The Bertz CT molecular complexity index is 391. The molecule has 1 aliphatic carbocycles. The molecule has 4 heteroatoms. The number of hydrogen-bond acceptors (Lipinski definition) is 2. The largest absolute Gasteiger partial charge is 0.348 e. The molecule has 0 aromatic carbocycles. The van der Waals surface area contributed by atoms with Gasteiger partial charge in [-0.3, -0.25) is 4.79 Å². The van der Waals surface area contributed by atoms with Crippen molar-refractivity contribution in [2.45, 2.75) is 45.2 Å². The third-order valence-corrected chi connectivity index (χ3v) is 4.74. The molecule has 3 atom stereocenters. The van der Waals surface area contributed by atoms with Gasteiger partial charge in [-0.1, -0.05) is 19.8 Å². The Hall–Kier alpha value is -0.870. The van der Waals surface area contributed by atoms with Crippen molar-refractivity contribution >= 4 is 17.2 Å². The van der Waals surface area contributed by atoms with Gasteiger partial charge < -0.3 is 10.2 Å². The Kier molecular flexibility index (Phi) is 5.40. The fourth-order valence-corrected chi connectivity index (χ4v) is 3.54. The number of quaternary nitrogens is 1. The Labute approximate surface area is 120 Å². The summed E-state index contributed by atoms with van der Waals surface area (Å²) in [6.07, 6.45) is 4.97. The van der Waals surface area contributed by atoms with Crippen molar-refractivity contribution in [1.29, 1.82) is 0 Å². The van der Waals surface area contributed by atoms with Crippen molar-refractivity contribution in [2.75, 3.05) is 13.6 Å². The number of nitrogens with one attached hydrogen (secondary N) is 2. The number of carbonyl (C=O) groups is 1. The minimum atomic E-state index is 0.200. The minimum absolute atomic E-state index is 0.200. The van der Waals surface area contributed by atoms with Crippen molar-refractivity contribution in [3.63, 3.8) is 0 Å². The second-order valence-electron chi connectivity index (χ2n) is 5.88. The number of thiophene rings is 1. The van der Waals surface area contributed by atoms with E-state index in [4.69, 9.17) is 0 Å². The zero-order valence-electron chi connectivity index (χ0n) is 11.9. The predicted octanol–water partition coefficient (Wildman–Crippen LogP) is 1.46. The van der Waals surface area contributed by atoms with E-state index in [-0.39, 0.29) is 5.91 Å². The first kappa shape index (κ1) is 14.5. The van der Waals surface area contributed by atoms with Crippen molar-refractivity contribution in [2.24, 2.45) is 5.92 Å². The van der Waals surface area contributed by atoms with Crippen LogP contribution in [0, 0.1) is 5.92 Å². The zero-order chi connectivity index (χ0) is 13.7. The van der Waals surface area contributed by atoms with Crippen LogP contribution in [0.3, 0.4) is 0 Å². The molecule has 3 nitrogen and oxygen atoms in total. The van der Waals surface area contributed by atoms with Gasteiger partial charge in [0.1, 0.15) is 6.54 Å². The smallest absolute Gasteiger partial charge is 0.275 e. The maximum atomic E-state index is 12.1. The Morgan fingerprint density at radius 1 is 1.47 bits per heavy atom. The SMILES string of the molecule is C[C@@H]1CCCC[C@@H]1NC(=O)C[NH+](C)Cc1ccsc1. The molecule has 19 heavy (non-hydrogen) atoms. The van der Waals surface area contributed by atoms with Crippen LogP contribution < -0.4 is 10.2 Å². The third-order valence-electron chi connectivity index (χ3n) is 4.01. The molecular formula is C15H25N2OS+. The van der Waals surface area contributed by atoms with Gasteiger partial charge in [-0.2, -0.15) is 11.3 Å². The van der Waals surface area contributed by atoms with Crippen LogP contribution in [0.4, 0.5) is 0 Å². The summed E-state index contributed by atoms with van der Waals surface area (Å²) < 4.78 is 0. The molecule has 1 aromatic rings. The molecule has 0 radical (unpaired) electrons. The third kappa shape index (κ3) is 4.62. The molecule has 0 saturated heterocycles. The van der Waals surface area contributed by atoms with Crippen LogP contribution in [0.15, 0.2) is 16.8 Å². The normalized spacial score (nSPS) is 24.9. The van der Waals surface area contributed by atoms with Crippen molar-refractivity contribution in [3.05, 3.63) is 22.4 Å². The summed E-state index contributed by atoms with van der Waals surface area (Å²) in [6, 6.07) is 2.53. The van der Waals surface area contributed by atoms with Crippen LogP contribution in [0.2, 0.25) is 0 Å². The average Bonchev–Trinajstić information content (AvgIpc) is 2.84. The molecule has 0 aliphatic heterocycles. The highest BCUT2D eigenvalue weighted by Gasteiger charge is 2.23. The van der Waals surface area contributed by atoms with Crippen LogP contribution >= 0.6 is 11.3 Å². The number of amides is 1. The highest BCUT2D eigenvalue weighted by Crippen LogP contribution is 2.23. The molecule has 1 unspecified atom stereocenters. The van der Waals surface area contributed by atoms with E-state index in [1.807, 2.05) is 0 Å². The van der Waals surface area contributed by atoms with E-state index in [0.29, 0.717) is 18.5 Å². The fraction of sp³-hybridized carbons (Fsp3) is 0.667. The Morgan fingerprint density at radius 2 is 2.26 bits per heavy atom. The van der Waals surface area contributed by atoms with E-state index in [1.165, 1.54) is 29.7 Å². The van der Waals surface area contributed by atoms with Crippen LogP contribution in [0.5, 0.6) is 0 Å². The summed E-state index contributed by atoms with van der Waals surface area (Å²) in [5.74, 6) is 0.835. The number of hydrogen-bond donors (Lipinski definition) is 2. The summed E-state index contributed by atoms with van der Waals surface area (Å²) in [5.41, 5.74) is 1.32. The predicted molar refractivity (Wildman–Crippen MR) is 79.3 cm³/mol. The summed E-state index contributed by atoms with van der Waals surface area (Å²) in [6.45, 7) is 3.75. The second-order valence-corrected chi connectivity index (χ2v) is 6.66. The molecule has 1 fully saturated rings. The first-order valence-corrected chi connectivity index (χ1v) is 8.21. The molecule has 1 saturated carbocycles. The summed E-state index contributed by atoms with van der Waals surface area (Å²) in [7, 11) is 2.08. The van der Waals surface area contributed by atoms with E-state index in [9.17, 15) is 4.79 Å². The van der Waals surface area contributed by atoms with Crippen molar-refractivity contribution in [1.82, 2.24) is 5.32 Å². The molecule has 0 spiro atoms. The fourth-order valence-electron chi connectivity index (χ4n) is 2.87. The van der Waals surface area contributed by atoms with E-state index in [0.717, 1.165) is 13.0 Å². The average molecular weight is 281 g/mol. The highest BCUT2D eigenvalue weighted by atomic mass is 32.1. The molecular weight excluding hydrogens is 256 g/mol. The van der Waals surface area contributed by atoms with E-state index >= 15 is 0 Å². The molecule has 1 aromatic heterocycles. The lowest BCUT2D eigenvalue weighted by molar-refractivity contribution is -0.885. The van der Waals surface area contributed by atoms with Gasteiger partial charge in [0, 0.05) is 11.6 Å². The van der Waals surface area contributed by atoms with Gasteiger partial charge in [-0.15, -0.1) is 0 Å². The first-order chi connectivity index (χ1) is 9.15. The van der Waals surface area contributed by atoms with E-state index in [1.54, 1.807) is 11.3 Å². The maximum Gasteiger partial charge on any atom is 0.275 e. The molecule has 2 rings (SSSR count). The molecule has 1 aliphatic rings. The van der Waals surface area contributed by atoms with Gasteiger partial charge in [-0.05, 0) is 35.6 Å². The molecule has 1 heterocycles. The maximum absolute atomic E-state index is 12.1. The van der Waals surface area contributed by atoms with Gasteiger partial charge in [0.25, 0.3) is 5.91 Å². The lowest BCUT2D eigenvalue weighted by atomic mass is 9.86. The number of likely N-dealkylation sites (N-methyl/N-ethyl adjacent to an activating group) is 1. The highest BCUT2D eigenvalue weighted by molar-refractivity contribution is 7.07. The topological polar surface area (TPSA) is 33.5 Å². The lowest BCUT2D eigenvalue weighted by Crippen LogP contribution is -3.09. The second kappa shape index (κ2) is 7.06. The monoisotopic (exact) mass is 281 g/mol. The van der Waals surface area contributed by atoms with Gasteiger partial charge >= 0.3 is 0 Å². The standard InChI is InChI=1S/C15H24N2OS/c1-12-5-3-4-6-14(12)16-15(18)10-17(2)9-13-7-8-19-11-13/h7-8,11-12,14H,3-6,9-10H2,1-2H3,(H,16,18)/p+1/t12-,14+/m1/s1. The van der Waals surface area contributed by atoms with Crippen LogP contribution in [0.25, 0.3) is 0 Å². The van der Waals surface area contributed by atoms with Crippen molar-refractivity contribution < 1.29 is 9.69 Å². The Morgan fingerprint density at radius 3 is 2.95 bits per heavy atom. The minimum Gasteiger partial charge on any atom is -0.348 e. The summed E-state index contributed by atoms with van der Waals surface area (Å²) in [5, 5.41) is 7.47. The summed E-state index contributed by atoms with van der Waals surface area (Å²) >= 11 is 1.72. The van der Waals surface area contributed by atoms with Gasteiger partial charge in [0.2, 0.25) is 0 Å². The quantitative estimate of drug-likeness (QED) is 0.842. The molecule has 2 N–H and O–H groups in total. The first-order valence-electron chi connectivity index (χ1n) is 7.27. The summed E-state index contributed by atoms with van der Waals surface area (Å²) in [4.78, 5) is 13.3. The van der Waals surface area contributed by atoms with Gasteiger partial charge in [0.05, 0.1) is 7.05 Å². The molecule has 1 amide bonds. The lowest BCUT2D eigenvalue weighted by Gasteiger charge is -2.29. The van der Waals surface area contributed by atoms with Crippen LogP contribution in [-0.2, 0) is 11.3 Å². The molecule has 0 bridgehead atoms. The van der Waals surface area contributed by atoms with Crippen LogP contribution in [-0.4, -0.2) is 25.5 Å². The Balaban J connectivity index is 1.74.